The van der Waals surface area contributed by atoms with Crippen molar-refractivity contribution in [2.24, 2.45) is 0 Å². The maximum absolute atomic E-state index is 2.93. The van der Waals surface area contributed by atoms with Gasteiger partial charge in [-0.15, -0.1) is 25.9 Å². The second-order valence-corrected chi connectivity index (χ2v) is 12.3. The zero-order chi connectivity index (χ0) is 24.2. The van der Waals surface area contributed by atoms with Crippen molar-refractivity contribution in [1.82, 2.24) is 4.90 Å². The quantitative estimate of drug-likeness (QED) is 0.177. The molecule has 0 aliphatic carbocycles. The summed E-state index contributed by atoms with van der Waals surface area (Å²) in [5.41, 5.74) is 0. The van der Waals surface area contributed by atoms with E-state index in [1.807, 2.05) is 0 Å². The molecule has 3 fully saturated rings. The summed E-state index contributed by atoms with van der Waals surface area (Å²) in [5.74, 6) is 0. The molecule has 3 aliphatic rings. The van der Waals surface area contributed by atoms with Crippen LogP contribution in [0.1, 0.15) is 97.8 Å². The van der Waals surface area contributed by atoms with Crippen LogP contribution in [-0.4, -0.2) is 103 Å². The molecule has 0 aromatic heterocycles. The molecule has 0 aromatic carbocycles. The van der Waals surface area contributed by atoms with Crippen LogP contribution in [0.2, 0.25) is 0 Å². The predicted octanol–water partition coefficient (Wildman–Crippen LogP) is 5.84. The van der Waals surface area contributed by atoms with E-state index in [2.05, 4.69) is 38.8 Å². The van der Waals surface area contributed by atoms with Crippen molar-refractivity contribution in [3.05, 3.63) is 13.1 Å². The predicted molar refractivity (Wildman–Crippen MR) is 147 cm³/mol. The van der Waals surface area contributed by atoms with E-state index in [9.17, 15) is 0 Å². The first-order valence-electron chi connectivity index (χ1n) is 15.6. The van der Waals surface area contributed by atoms with E-state index in [-0.39, 0.29) is 0 Å². The molecule has 0 bridgehead atoms. The summed E-state index contributed by atoms with van der Waals surface area (Å²) in [4.78, 5) is 2.93. The Hall–Kier alpha value is -0.160. The highest BCUT2D eigenvalue weighted by molar-refractivity contribution is 4.71. The normalized spacial score (nSPS) is 28.9. The largest absolute Gasteiger partial charge is 0.453 e. The first-order valence-corrected chi connectivity index (χ1v) is 15.6. The summed E-state index contributed by atoms with van der Waals surface area (Å²) in [6, 6.07) is 0. The lowest BCUT2D eigenvalue weighted by Gasteiger charge is -2.47. The average molecular weight is 478 g/mol. The van der Waals surface area contributed by atoms with Gasteiger partial charge in [-0.1, -0.05) is 40.0 Å². The number of likely N-dealkylation sites (tertiary alicyclic amines) is 3. The van der Waals surface area contributed by atoms with Crippen LogP contribution in [0.15, 0.2) is 0 Å². The molecule has 0 aromatic rings. The highest BCUT2D eigenvalue weighted by Crippen LogP contribution is 2.27. The van der Waals surface area contributed by atoms with Gasteiger partial charge in [0.05, 0.1) is 65.4 Å². The van der Waals surface area contributed by atoms with Gasteiger partial charge in [-0.3, -0.25) is 4.90 Å². The molecule has 0 radical (unpaired) electrons. The Morgan fingerprint density at radius 2 is 1.00 bits per heavy atom. The molecule has 4 nitrogen and oxygen atoms in total. The zero-order valence-corrected chi connectivity index (χ0v) is 23.6. The summed E-state index contributed by atoms with van der Waals surface area (Å²) in [6.45, 7) is 30.4. The highest BCUT2D eigenvalue weighted by atomic mass is 15.4. The molecular weight excluding hydrogens is 416 g/mol. The monoisotopic (exact) mass is 477 g/mol. The number of hydrogen-bond donors (Lipinski definition) is 0. The molecule has 200 valence electrons. The standard InChI is InChI=1S/C30H61N4/c1-4-7-19-32(22-10-11-23-32)28-16-31(17-29-33(20-8-5-2)24-12-13-25-33)18-30-34(21-9-6-3)26-14-15-27-34/h22,24H,4-21,23,25-30H2,1-3H3/q+1. The lowest BCUT2D eigenvalue weighted by atomic mass is 10.2. The second kappa shape index (κ2) is 14.5. The Kier molecular flexibility index (Phi) is 12.2. The molecule has 3 heterocycles. The van der Waals surface area contributed by atoms with E-state index < -0.39 is 0 Å². The van der Waals surface area contributed by atoms with Crippen LogP contribution in [0.25, 0.3) is 0 Å². The fourth-order valence-corrected chi connectivity index (χ4v) is 7.14. The van der Waals surface area contributed by atoms with E-state index in [4.69, 9.17) is 0 Å². The summed E-state index contributed by atoms with van der Waals surface area (Å²) in [6.07, 6.45) is 16.6. The number of nitrogens with zero attached hydrogens (tertiary/aromatic N) is 4. The van der Waals surface area contributed by atoms with Gasteiger partial charge >= 0.3 is 0 Å². The molecule has 4 heteroatoms. The van der Waals surface area contributed by atoms with Crippen molar-refractivity contribution >= 4 is 0 Å². The van der Waals surface area contributed by atoms with E-state index in [1.54, 1.807) is 0 Å². The van der Waals surface area contributed by atoms with Crippen molar-refractivity contribution in [2.75, 3.05) is 85.1 Å². The van der Waals surface area contributed by atoms with E-state index >= 15 is 0 Å². The number of rotatable bonds is 18. The Bertz CT molecular complexity index is 454. The Morgan fingerprint density at radius 1 is 0.529 bits per heavy atom. The Balaban J connectivity index is 1.62. The minimum absolute atomic E-state index is 1.31. The molecule has 0 N–H and O–H groups in total. The molecule has 0 amide bonds. The van der Waals surface area contributed by atoms with Crippen LogP contribution in [0.3, 0.4) is 0 Å². The number of unbranched alkanes of at least 4 members (excludes halogenated alkanes) is 3. The van der Waals surface area contributed by atoms with Gasteiger partial charge in [0.25, 0.3) is 0 Å². The van der Waals surface area contributed by atoms with E-state index in [0.29, 0.717) is 0 Å². The van der Waals surface area contributed by atoms with E-state index in [0.717, 1.165) is 0 Å². The van der Waals surface area contributed by atoms with Gasteiger partial charge in [-0.2, -0.15) is 0 Å². The Morgan fingerprint density at radius 3 is 1.44 bits per heavy atom. The lowest BCUT2D eigenvalue weighted by Crippen LogP contribution is -2.54. The SMILES string of the molecule is CCCC[N+]1(CCN(CC[N+]2(CCCC)[CH-]CCC2)CC[N+]2(CCCC)CCCC2)[CH-]CCC1. The Labute approximate surface area is 214 Å². The smallest absolute Gasteiger partial charge is 0.0915 e. The van der Waals surface area contributed by atoms with Gasteiger partial charge < -0.3 is 13.4 Å². The van der Waals surface area contributed by atoms with E-state index in [1.165, 1.54) is 176 Å². The first-order chi connectivity index (χ1) is 16.6. The summed E-state index contributed by atoms with van der Waals surface area (Å²) in [7, 11) is 0. The summed E-state index contributed by atoms with van der Waals surface area (Å²) < 4.78 is 4.04. The topological polar surface area (TPSA) is 3.24 Å². The maximum atomic E-state index is 2.93. The third kappa shape index (κ3) is 8.46. The molecule has 0 saturated carbocycles. The maximum Gasteiger partial charge on any atom is 0.0915 e. The fraction of sp³-hybridized carbons (Fsp3) is 0.933. The molecular formula is C30H61N4+. The summed E-state index contributed by atoms with van der Waals surface area (Å²) >= 11 is 0. The molecule has 34 heavy (non-hydrogen) atoms. The van der Waals surface area contributed by atoms with Crippen molar-refractivity contribution in [2.45, 2.75) is 97.8 Å². The zero-order valence-electron chi connectivity index (χ0n) is 23.6. The van der Waals surface area contributed by atoms with Crippen molar-refractivity contribution < 1.29 is 13.4 Å². The molecule has 3 aliphatic heterocycles. The van der Waals surface area contributed by atoms with Crippen molar-refractivity contribution in [3.63, 3.8) is 0 Å². The molecule has 2 atom stereocenters. The van der Waals surface area contributed by atoms with Crippen molar-refractivity contribution in [1.29, 1.82) is 0 Å². The van der Waals surface area contributed by atoms with Gasteiger partial charge in [-0.25, -0.2) is 0 Å². The minimum atomic E-state index is 1.31. The molecule has 2 unspecified atom stereocenters. The third-order valence-corrected chi connectivity index (χ3v) is 9.68. The van der Waals surface area contributed by atoms with Crippen LogP contribution in [-0.2, 0) is 0 Å². The number of hydrogen-bond acceptors (Lipinski definition) is 1. The number of quaternary nitrogens is 3. The van der Waals surface area contributed by atoms with Gasteiger partial charge in [0.2, 0.25) is 0 Å². The average Bonchev–Trinajstić information content (AvgIpc) is 3.62. The van der Waals surface area contributed by atoms with Crippen LogP contribution in [0, 0.1) is 13.1 Å². The summed E-state index contributed by atoms with van der Waals surface area (Å²) in [5, 5.41) is 0. The minimum Gasteiger partial charge on any atom is -0.453 e. The van der Waals surface area contributed by atoms with Crippen LogP contribution in [0.4, 0.5) is 0 Å². The van der Waals surface area contributed by atoms with Gasteiger partial charge in [0.15, 0.2) is 0 Å². The van der Waals surface area contributed by atoms with Crippen LogP contribution < -0.4 is 0 Å². The highest BCUT2D eigenvalue weighted by Gasteiger charge is 2.33. The molecule has 0 spiro atoms. The third-order valence-electron chi connectivity index (χ3n) is 9.68. The van der Waals surface area contributed by atoms with Gasteiger partial charge in [-0.05, 0) is 32.1 Å². The lowest BCUT2D eigenvalue weighted by molar-refractivity contribution is -0.917. The first kappa shape index (κ1) is 28.4. The molecule has 3 saturated heterocycles. The second-order valence-electron chi connectivity index (χ2n) is 12.3. The van der Waals surface area contributed by atoms with Crippen molar-refractivity contribution in [3.8, 4) is 0 Å². The van der Waals surface area contributed by atoms with Crippen LogP contribution in [0.5, 0.6) is 0 Å². The van der Waals surface area contributed by atoms with Gasteiger partial charge in [0.1, 0.15) is 0 Å². The van der Waals surface area contributed by atoms with Gasteiger partial charge in [0, 0.05) is 32.5 Å². The molecule has 3 rings (SSSR count). The van der Waals surface area contributed by atoms with Crippen LogP contribution >= 0.6 is 0 Å². The fourth-order valence-electron chi connectivity index (χ4n) is 7.14.